The van der Waals surface area contributed by atoms with Gasteiger partial charge in [0, 0.05) is 45.2 Å². The number of anilines is 1. The molecule has 1 saturated heterocycles. The molecule has 3 amide bonds. The maximum absolute atomic E-state index is 12.4. The molecule has 3 rings (SSSR count). The molecule has 0 aromatic heterocycles. The second-order valence-corrected chi connectivity index (χ2v) is 5.72. The van der Waals surface area contributed by atoms with E-state index in [1.165, 1.54) is 6.92 Å². The van der Waals surface area contributed by atoms with E-state index in [2.05, 4.69) is 5.32 Å². The molecule has 0 saturated carbocycles. The van der Waals surface area contributed by atoms with Crippen molar-refractivity contribution in [3.05, 3.63) is 29.8 Å². The molecule has 1 atom stereocenters. The zero-order valence-electron chi connectivity index (χ0n) is 12.5. The summed E-state index contributed by atoms with van der Waals surface area (Å²) in [5.41, 5.74) is 1.69. The van der Waals surface area contributed by atoms with Gasteiger partial charge < -0.3 is 15.1 Å². The Bertz CT molecular complexity index is 621. The molecule has 1 aromatic carbocycles. The highest BCUT2D eigenvalue weighted by molar-refractivity contribution is 6.04. The number of fused-ring (bicyclic) bond motifs is 1. The molecule has 2 heterocycles. The first-order valence-corrected chi connectivity index (χ1v) is 7.49. The number of para-hydroxylation sites is 1. The van der Waals surface area contributed by atoms with Gasteiger partial charge in [0.2, 0.25) is 17.7 Å². The van der Waals surface area contributed by atoms with Crippen LogP contribution in [0.2, 0.25) is 0 Å². The molecule has 1 N–H and O–H groups in total. The molecular weight excluding hydrogens is 282 g/mol. The van der Waals surface area contributed by atoms with E-state index < -0.39 is 5.92 Å². The average molecular weight is 301 g/mol. The number of carbonyl (C=O) groups is 3. The second kappa shape index (κ2) is 5.79. The monoisotopic (exact) mass is 301 g/mol. The summed E-state index contributed by atoms with van der Waals surface area (Å²) in [6.45, 7) is 3.74. The number of nitrogens with one attached hydrogen (secondary N) is 1. The van der Waals surface area contributed by atoms with Crippen LogP contribution in [0.3, 0.4) is 0 Å². The largest absolute Gasteiger partial charge is 0.339 e. The van der Waals surface area contributed by atoms with Crippen molar-refractivity contribution in [3.8, 4) is 0 Å². The topological polar surface area (TPSA) is 69.7 Å². The Labute approximate surface area is 129 Å². The molecule has 116 valence electrons. The number of hydrogen-bond acceptors (Lipinski definition) is 3. The minimum Gasteiger partial charge on any atom is -0.339 e. The van der Waals surface area contributed by atoms with Crippen molar-refractivity contribution < 1.29 is 14.4 Å². The van der Waals surface area contributed by atoms with Gasteiger partial charge >= 0.3 is 0 Å². The third-order valence-corrected chi connectivity index (χ3v) is 4.37. The summed E-state index contributed by atoms with van der Waals surface area (Å²) in [5.74, 6) is -0.511. The van der Waals surface area contributed by atoms with Crippen LogP contribution in [-0.2, 0) is 14.4 Å². The Morgan fingerprint density at radius 3 is 2.45 bits per heavy atom. The fourth-order valence-electron chi connectivity index (χ4n) is 3.05. The molecule has 0 spiro atoms. The van der Waals surface area contributed by atoms with Crippen LogP contribution < -0.4 is 5.32 Å². The van der Waals surface area contributed by atoms with Gasteiger partial charge in [-0.15, -0.1) is 0 Å². The Balaban J connectivity index is 1.63. The summed E-state index contributed by atoms with van der Waals surface area (Å²) in [5, 5.41) is 2.82. The maximum Gasteiger partial charge on any atom is 0.232 e. The van der Waals surface area contributed by atoms with Gasteiger partial charge in [-0.2, -0.15) is 0 Å². The van der Waals surface area contributed by atoms with E-state index in [-0.39, 0.29) is 24.1 Å². The molecule has 0 bridgehead atoms. The predicted molar refractivity (Wildman–Crippen MR) is 81.3 cm³/mol. The van der Waals surface area contributed by atoms with Crippen LogP contribution in [0.1, 0.15) is 24.8 Å². The number of nitrogens with zero attached hydrogens (tertiary/aromatic N) is 2. The van der Waals surface area contributed by atoms with Gasteiger partial charge in [-0.3, -0.25) is 14.4 Å². The van der Waals surface area contributed by atoms with E-state index in [1.807, 2.05) is 24.3 Å². The van der Waals surface area contributed by atoms with Gasteiger partial charge in [-0.05, 0) is 11.6 Å². The summed E-state index contributed by atoms with van der Waals surface area (Å²) in [6.07, 6.45) is 0.183. The maximum atomic E-state index is 12.4. The summed E-state index contributed by atoms with van der Waals surface area (Å²) < 4.78 is 0. The van der Waals surface area contributed by atoms with Crippen LogP contribution in [-0.4, -0.2) is 53.7 Å². The van der Waals surface area contributed by atoms with Crippen LogP contribution in [0.25, 0.3) is 0 Å². The number of carbonyl (C=O) groups excluding carboxylic acids is 3. The summed E-state index contributed by atoms with van der Waals surface area (Å²) in [7, 11) is 0. The first kappa shape index (κ1) is 14.6. The number of benzene rings is 1. The molecule has 6 heteroatoms. The quantitative estimate of drug-likeness (QED) is 0.878. The van der Waals surface area contributed by atoms with Gasteiger partial charge in [0.25, 0.3) is 0 Å². The molecule has 2 aliphatic heterocycles. The third-order valence-electron chi connectivity index (χ3n) is 4.37. The normalized spacial score (nSPS) is 20.6. The van der Waals surface area contributed by atoms with Crippen LogP contribution in [0, 0.1) is 0 Å². The first-order valence-electron chi connectivity index (χ1n) is 7.49. The Hall–Kier alpha value is -2.37. The van der Waals surface area contributed by atoms with Crippen molar-refractivity contribution in [1.29, 1.82) is 0 Å². The summed E-state index contributed by atoms with van der Waals surface area (Å²) in [6, 6.07) is 7.48. The summed E-state index contributed by atoms with van der Waals surface area (Å²) in [4.78, 5) is 39.3. The highest BCUT2D eigenvalue weighted by Gasteiger charge is 2.33. The zero-order valence-corrected chi connectivity index (χ0v) is 12.5. The second-order valence-electron chi connectivity index (χ2n) is 5.72. The van der Waals surface area contributed by atoms with Crippen molar-refractivity contribution >= 4 is 23.4 Å². The fraction of sp³-hybridized carbons (Fsp3) is 0.438. The fourth-order valence-corrected chi connectivity index (χ4v) is 3.05. The Kier molecular flexibility index (Phi) is 3.83. The molecular formula is C16H19N3O3. The minimum absolute atomic E-state index is 0.0277. The Morgan fingerprint density at radius 2 is 1.77 bits per heavy atom. The van der Waals surface area contributed by atoms with Crippen molar-refractivity contribution in [1.82, 2.24) is 9.80 Å². The predicted octanol–water partition coefficient (Wildman–Crippen LogP) is 0.803. The minimum atomic E-state index is -0.408. The lowest BCUT2D eigenvalue weighted by molar-refractivity contribution is -0.139. The van der Waals surface area contributed by atoms with E-state index in [4.69, 9.17) is 0 Å². The van der Waals surface area contributed by atoms with Gasteiger partial charge in [-0.1, -0.05) is 18.2 Å². The van der Waals surface area contributed by atoms with E-state index >= 15 is 0 Å². The van der Waals surface area contributed by atoms with Crippen LogP contribution in [0.4, 0.5) is 5.69 Å². The van der Waals surface area contributed by atoms with E-state index in [0.29, 0.717) is 26.2 Å². The molecule has 2 aliphatic rings. The smallest absolute Gasteiger partial charge is 0.232 e. The molecule has 1 fully saturated rings. The number of rotatable bonds is 2. The van der Waals surface area contributed by atoms with Crippen molar-refractivity contribution in [2.45, 2.75) is 19.3 Å². The molecule has 6 nitrogen and oxygen atoms in total. The highest BCUT2D eigenvalue weighted by atomic mass is 16.2. The van der Waals surface area contributed by atoms with Crippen molar-refractivity contribution in [2.75, 3.05) is 31.5 Å². The lowest BCUT2D eigenvalue weighted by Gasteiger charge is -2.34. The van der Waals surface area contributed by atoms with E-state index in [9.17, 15) is 14.4 Å². The standard InChI is InChI=1S/C16H19N3O3/c1-11(20)18-6-8-19(9-7-18)15(21)10-13-12-4-2-3-5-14(12)17-16(13)22/h2-5,13H,6-10H2,1H3,(H,17,22). The number of hydrogen-bond donors (Lipinski definition) is 1. The molecule has 1 aromatic rings. The lowest BCUT2D eigenvalue weighted by Crippen LogP contribution is -2.50. The van der Waals surface area contributed by atoms with Crippen molar-refractivity contribution in [2.24, 2.45) is 0 Å². The van der Waals surface area contributed by atoms with Gasteiger partial charge in [0.1, 0.15) is 0 Å². The third kappa shape index (κ3) is 2.68. The lowest BCUT2D eigenvalue weighted by atomic mass is 9.96. The highest BCUT2D eigenvalue weighted by Crippen LogP contribution is 2.34. The molecule has 0 radical (unpaired) electrons. The molecule has 22 heavy (non-hydrogen) atoms. The first-order chi connectivity index (χ1) is 10.6. The van der Waals surface area contributed by atoms with E-state index in [0.717, 1.165) is 11.3 Å². The van der Waals surface area contributed by atoms with Crippen LogP contribution >= 0.6 is 0 Å². The van der Waals surface area contributed by atoms with E-state index in [1.54, 1.807) is 9.80 Å². The van der Waals surface area contributed by atoms with Crippen molar-refractivity contribution in [3.63, 3.8) is 0 Å². The number of piperazine rings is 1. The van der Waals surface area contributed by atoms with Crippen LogP contribution in [0.5, 0.6) is 0 Å². The van der Waals surface area contributed by atoms with Crippen LogP contribution in [0.15, 0.2) is 24.3 Å². The Morgan fingerprint density at radius 1 is 1.14 bits per heavy atom. The number of amides is 3. The average Bonchev–Trinajstić information content (AvgIpc) is 2.83. The van der Waals surface area contributed by atoms with Gasteiger partial charge in [0.05, 0.1) is 5.92 Å². The van der Waals surface area contributed by atoms with Gasteiger partial charge in [-0.25, -0.2) is 0 Å². The molecule has 1 unspecified atom stereocenters. The summed E-state index contributed by atoms with van der Waals surface area (Å²) >= 11 is 0. The molecule has 0 aliphatic carbocycles. The SMILES string of the molecule is CC(=O)N1CCN(C(=O)CC2C(=O)Nc3ccccc32)CC1. The van der Waals surface area contributed by atoms with Gasteiger partial charge in [0.15, 0.2) is 0 Å². The zero-order chi connectivity index (χ0) is 15.7.